The fourth-order valence-corrected chi connectivity index (χ4v) is 1.96. The van der Waals surface area contributed by atoms with Gasteiger partial charge in [-0.15, -0.1) is 0 Å². The summed E-state index contributed by atoms with van der Waals surface area (Å²) in [5.74, 6) is -2.37. The first-order valence-electron chi connectivity index (χ1n) is 5.53. The van der Waals surface area contributed by atoms with E-state index >= 15 is 0 Å². The van der Waals surface area contributed by atoms with Crippen LogP contribution in [0.2, 0.25) is 0 Å². The number of nitro benzene ring substituents is 1. The Balaban J connectivity index is 2.48. The number of halogens is 2. The fraction of sp³-hybridized carbons (Fsp3) is 0. The molecule has 0 spiro atoms. The van der Waals surface area contributed by atoms with Gasteiger partial charge in [-0.25, -0.2) is 9.18 Å². The van der Waals surface area contributed by atoms with E-state index in [9.17, 15) is 19.3 Å². The maximum atomic E-state index is 13.0. The van der Waals surface area contributed by atoms with E-state index in [0.29, 0.717) is 10.5 Å². The highest BCUT2D eigenvalue weighted by atomic mass is 79.9. The van der Waals surface area contributed by atoms with Crippen LogP contribution in [-0.2, 0) is 0 Å². The molecule has 0 unspecified atom stereocenters. The van der Waals surface area contributed by atoms with Crippen LogP contribution in [0.4, 0.5) is 10.1 Å². The second kappa shape index (κ2) is 5.88. The maximum Gasteiger partial charge on any atom is 0.339 e. The van der Waals surface area contributed by atoms with Gasteiger partial charge in [-0.3, -0.25) is 10.1 Å². The number of nitro groups is 1. The molecule has 0 aliphatic carbocycles. The van der Waals surface area contributed by atoms with Crippen LogP contribution in [0.25, 0.3) is 0 Å². The average molecular weight is 356 g/mol. The summed E-state index contributed by atoms with van der Waals surface area (Å²) in [4.78, 5) is 21.2. The van der Waals surface area contributed by atoms with E-state index in [4.69, 9.17) is 9.84 Å². The van der Waals surface area contributed by atoms with Crippen molar-refractivity contribution in [2.75, 3.05) is 0 Å². The normalized spacial score (nSPS) is 10.2. The summed E-state index contributed by atoms with van der Waals surface area (Å²) >= 11 is 3.12. The average Bonchev–Trinajstić information content (AvgIpc) is 2.42. The molecule has 0 atom stereocenters. The number of hydrogen-bond acceptors (Lipinski definition) is 4. The van der Waals surface area contributed by atoms with Gasteiger partial charge >= 0.3 is 11.7 Å². The maximum absolute atomic E-state index is 13.0. The van der Waals surface area contributed by atoms with Crippen LogP contribution >= 0.6 is 15.9 Å². The van der Waals surface area contributed by atoms with Crippen molar-refractivity contribution in [2.24, 2.45) is 0 Å². The molecule has 8 heteroatoms. The van der Waals surface area contributed by atoms with Crippen molar-refractivity contribution in [3.8, 4) is 11.5 Å². The zero-order chi connectivity index (χ0) is 15.6. The number of nitrogens with zero attached hydrogens (tertiary/aromatic N) is 1. The number of carboxylic acids is 1. The largest absolute Gasteiger partial charge is 0.478 e. The fourth-order valence-electron chi connectivity index (χ4n) is 1.60. The zero-order valence-corrected chi connectivity index (χ0v) is 11.8. The van der Waals surface area contributed by atoms with Gasteiger partial charge in [-0.05, 0) is 30.3 Å². The molecule has 2 aromatic rings. The Hall–Kier alpha value is -2.48. The van der Waals surface area contributed by atoms with E-state index in [1.54, 1.807) is 0 Å². The van der Waals surface area contributed by atoms with Gasteiger partial charge in [0, 0.05) is 4.47 Å². The minimum Gasteiger partial charge on any atom is -0.478 e. The molecule has 0 fully saturated rings. The lowest BCUT2D eigenvalue weighted by Gasteiger charge is -2.09. The van der Waals surface area contributed by atoms with Crippen LogP contribution in [0.3, 0.4) is 0 Å². The second-order valence-corrected chi connectivity index (χ2v) is 4.83. The molecule has 0 saturated carbocycles. The van der Waals surface area contributed by atoms with Gasteiger partial charge < -0.3 is 9.84 Å². The molecular weight excluding hydrogens is 349 g/mol. The van der Waals surface area contributed by atoms with E-state index in [0.717, 1.165) is 12.1 Å². The minimum absolute atomic E-state index is 0.0830. The summed E-state index contributed by atoms with van der Waals surface area (Å²) < 4.78 is 18.8. The number of ether oxygens (including phenoxy) is 1. The molecule has 0 bridgehead atoms. The van der Waals surface area contributed by atoms with Crippen molar-refractivity contribution in [1.82, 2.24) is 0 Å². The number of carbonyl (C=O) groups is 1. The van der Waals surface area contributed by atoms with Crippen LogP contribution in [0.5, 0.6) is 11.5 Å². The van der Waals surface area contributed by atoms with Crippen LogP contribution in [0.15, 0.2) is 40.9 Å². The Kier molecular flexibility index (Phi) is 4.18. The van der Waals surface area contributed by atoms with Gasteiger partial charge in [0.05, 0.1) is 11.0 Å². The molecule has 0 amide bonds. The predicted molar refractivity (Wildman–Crippen MR) is 74.2 cm³/mol. The number of benzene rings is 2. The number of aromatic carboxylic acids is 1. The zero-order valence-electron chi connectivity index (χ0n) is 10.2. The van der Waals surface area contributed by atoms with Gasteiger partial charge in [0.2, 0.25) is 5.75 Å². The Bertz CT molecular complexity index is 673. The van der Waals surface area contributed by atoms with Gasteiger partial charge in [-0.1, -0.05) is 15.9 Å². The number of carboxylic acid groups (broad SMARTS) is 1. The van der Waals surface area contributed by atoms with E-state index in [1.807, 2.05) is 0 Å². The number of rotatable bonds is 4. The highest BCUT2D eigenvalue weighted by Gasteiger charge is 2.20. The van der Waals surface area contributed by atoms with Crippen molar-refractivity contribution >= 4 is 27.6 Å². The monoisotopic (exact) mass is 355 g/mol. The van der Waals surface area contributed by atoms with Crippen molar-refractivity contribution in [2.45, 2.75) is 0 Å². The van der Waals surface area contributed by atoms with Crippen LogP contribution in [0, 0.1) is 15.9 Å². The Morgan fingerprint density at radius 2 is 1.90 bits per heavy atom. The summed E-state index contributed by atoms with van der Waals surface area (Å²) in [5, 5.41) is 20.0. The third-order valence-corrected chi connectivity index (χ3v) is 3.00. The molecular formula is C13H7BrFNO5. The van der Waals surface area contributed by atoms with Crippen LogP contribution in [0.1, 0.15) is 10.4 Å². The van der Waals surface area contributed by atoms with Gasteiger partial charge in [0.25, 0.3) is 0 Å². The Morgan fingerprint density at radius 1 is 1.24 bits per heavy atom. The third kappa shape index (κ3) is 3.34. The quantitative estimate of drug-likeness (QED) is 0.661. The summed E-state index contributed by atoms with van der Waals surface area (Å²) in [6.45, 7) is 0. The summed E-state index contributed by atoms with van der Waals surface area (Å²) in [5.41, 5.74) is -0.766. The van der Waals surface area contributed by atoms with Crippen molar-refractivity contribution < 1.29 is 24.0 Å². The van der Waals surface area contributed by atoms with E-state index in [2.05, 4.69) is 15.9 Å². The molecule has 108 valence electrons. The molecule has 2 aromatic carbocycles. The highest BCUT2D eigenvalue weighted by molar-refractivity contribution is 9.10. The standard InChI is InChI=1S/C13H7BrFNO5/c14-7-1-3-11(9(5-7)13(17)18)21-12-4-2-8(15)6-10(12)16(19)20/h1-6H,(H,17,18). The molecule has 21 heavy (non-hydrogen) atoms. The SMILES string of the molecule is O=C(O)c1cc(Br)ccc1Oc1ccc(F)cc1[N+](=O)[O-]. The lowest BCUT2D eigenvalue weighted by Crippen LogP contribution is -2.01. The van der Waals surface area contributed by atoms with Crippen molar-refractivity contribution in [3.63, 3.8) is 0 Å². The highest BCUT2D eigenvalue weighted by Crippen LogP contribution is 2.34. The van der Waals surface area contributed by atoms with Gasteiger partial charge in [0.15, 0.2) is 0 Å². The molecule has 1 N–H and O–H groups in total. The Labute approximate surface area is 126 Å². The van der Waals surface area contributed by atoms with Gasteiger partial charge in [0.1, 0.15) is 17.1 Å². The van der Waals surface area contributed by atoms with E-state index in [1.165, 1.54) is 18.2 Å². The van der Waals surface area contributed by atoms with Gasteiger partial charge in [-0.2, -0.15) is 0 Å². The van der Waals surface area contributed by atoms with Crippen LogP contribution < -0.4 is 4.74 Å². The summed E-state index contributed by atoms with van der Waals surface area (Å²) in [7, 11) is 0. The second-order valence-electron chi connectivity index (χ2n) is 3.92. The molecule has 0 aliphatic rings. The molecule has 2 rings (SSSR count). The van der Waals surface area contributed by atoms with E-state index < -0.39 is 22.4 Å². The van der Waals surface area contributed by atoms with Crippen LogP contribution in [-0.4, -0.2) is 16.0 Å². The predicted octanol–water partition coefficient (Wildman–Crippen LogP) is 3.99. The molecule has 0 aliphatic heterocycles. The minimum atomic E-state index is -1.25. The molecule has 0 aromatic heterocycles. The number of hydrogen-bond donors (Lipinski definition) is 1. The first kappa shape index (κ1) is 14.9. The molecule has 0 heterocycles. The molecule has 6 nitrogen and oxygen atoms in total. The van der Waals surface area contributed by atoms with E-state index in [-0.39, 0.29) is 17.1 Å². The molecule has 0 radical (unpaired) electrons. The first-order chi connectivity index (χ1) is 9.88. The van der Waals surface area contributed by atoms with Crippen molar-refractivity contribution in [3.05, 3.63) is 62.4 Å². The first-order valence-corrected chi connectivity index (χ1v) is 6.32. The third-order valence-electron chi connectivity index (χ3n) is 2.51. The van der Waals surface area contributed by atoms with Crippen molar-refractivity contribution in [1.29, 1.82) is 0 Å². The summed E-state index contributed by atoms with van der Waals surface area (Å²) in [6, 6.07) is 6.93. The summed E-state index contributed by atoms with van der Waals surface area (Å²) in [6.07, 6.45) is 0. The topological polar surface area (TPSA) is 89.7 Å². The lowest BCUT2D eigenvalue weighted by atomic mass is 10.2. The smallest absolute Gasteiger partial charge is 0.339 e. The lowest BCUT2D eigenvalue weighted by molar-refractivity contribution is -0.385. The Morgan fingerprint density at radius 3 is 2.52 bits per heavy atom. The molecule has 0 saturated heterocycles.